The summed E-state index contributed by atoms with van der Waals surface area (Å²) < 4.78 is 5.13. The Hall–Kier alpha value is -1.83. The van der Waals surface area contributed by atoms with Crippen LogP contribution in [0.1, 0.15) is 47.0 Å². The molecule has 1 heterocycles. The van der Waals surface area contributed by atoms with Gasteiger partial charge in [-0.15, -0.1) is 0 Å². The van der Waals surface area contributed by atoms with Gasteiger partial charge in [0.15, 0.2) is 0 Å². The van der Waals surface area contributed by atoms with Crippen molar-refractivity contribution in [1.29, 1.82) is 0 Å². The zero-order chi connectivity index (χ0) is 19.6. The zero-order valence-corrected chi connectivity index (χ0v) is 16.6. The minimum absolute atomic E-state index is 0.00751. The van der Waals surface area contributed by atoms with Crippen LogP contribution in [0.15, 0.2) is 0 Å². The molecule has 1 rings (SSSR count). The fourth-order valence-electron chi connectivity index (χ4n) is 2.56. The molecule has 8 heteroatoms. The van der Waals surface area contributed by atoms with Crippen molar-refractivity contribution in [2.24, 2.45) is 0 Å². The van der Waals surface area contributed by atoms with Crippen LogP contribution in [0.3, 0.4) is 0 Å². The number of carbonyl (C=O) groups excluding carboxylic acids is 3. The van der Waals surface area contributed by atoms with Gasteiger partial charge in [0.1, 0.15) is 5.60 Å². The van der Waals surface area contributed by atoms with Crippen LogP contribution in [-0.4, -0.2) is 79.1 Å². The zero-order valence-electron chi connectivity index (χ0n) is 16.6. The summed E-state index contributed by atoms with van der Waals surface area (Å²) in [5.74, 6) is 0.0490. The Morgan fingerprint density at radius 2 is 1.65 bits per heavy atom. The summed E-state index contributed by atoms with van der Waals surface area (Å²) >= 11 is 0. The normalized spacial score (nSPS) is 15.5. The molecule has 0 bridgehead atoms. The van der Waals surface area contributed by atoms with E-state index >= 15 is 0 Å². The van der Waals surface area contributed by atoms with Gasteiger partial charge >= 0.3 is 6.09 Å². The number of unbranched alkanes of at least 4 members (excludes halogenated alkanes) is 1. The molecule has 150 valence electrons. The van der Waals surface area contributed by atoms with E-state index in [1.807, 2.05) is 0 Å². The van der Waals surface area contributed by atoms with Crippen molar-refractivity contribution < 1.29 is 19.1 Å². The average molecular weight is 370 g/mol. The highest BCUT2D eigenvalue weighted by atomic mass is 16.6. The Morgan fingerprint density at radius 1 is 1.00 bits per heavy atom. The fraction of sp³-hybridized carbons (Fsp3) is 0.833. The summed E-state index contributed by atoms with van der Waals surface area (Å²) in [5, 5.41) is 5.50. The molecule has 0 unspecified atom stereocenters. The van der Waals surface area contributed by atoms with Crippen molar-refractivity contribution in [3.63, 3.8) is 0 Å². The number of ether oxygens (including phenoxy) is 1. The molecule has 0 aliphatic carbocycles. The van der Waals surface area contributed by atoms with Crippen molar-refractivity contribution in [3.05, 3.63) is 0 Å². The van der Waals surface area contributed by atoms with Gasteiger partial charge in [-0.05, 0) is 27.2 Å². The van der Waals surface area contributed by atoms with Crippen molar-refractivity contribution in [2.45, 2.75) is 52.6 Å². The molecule has 0 radical (unpaired) electrons. The van der Waals surface area contributed by atoms with E-state index in [1.54, 1.807) is 25.7 Å². The first-order valence-electron chi connectivity index (χ1n) is 9.45. The Balaban J connectivity index is 2.19. The van der Waals surface area contributed by atoms with Gasteiger partial charge < -0.3 is 20.3 Å². The third kappa shape index (κ3) is 9.60. The molecule has 1 fully saturated rings. The predicted octanol–water partition coefficient (Wildman–Crippen LogP) is 0.962. The summed E-state index contributed by atoms with van der Waals surface area (Å²) in [6.45, 7) is 11.4. The van der Waals surface area contributed by atoms with E-state index in [0.29, 0.717) is 32.7 Å². The summed E-state index contributed by atoms with van der Waals surface area (Å²) in [5.41, 5.74) is -0.548. The largest absolute Gasteiger partial charge is 0.444 e. The number of carbonyl (C=O) groups is 3. The van der Waals surface area contributed by atoms with Crippen LogP contribution < -0.4 is 10.6 Å². The first-order chi connectivity index (χ1) is 12.2. The maximum atomic E-state index is 12.2. The van der Waals surface area contributed by atoms with Gasteiger partial charge in [-0.1, -0.05) is 13.3 Å². The number of rotatable bonds is 8. The summed E-state index contributed by atoms with van der Waals surface area (Å²) in [6, 6.07) is 0. The molecule has 2 N–H and O–H groups in total. The van der Waals surface area contributed by atoms with Crippen LogP contribution in [0.2, 0.25) is 0 Å². The maximum Gasteiger partial charge on any atom is 0.407 e. The number of nitrogens with one attached hydrogen (secondary N) is 2. The maximum absolute atomic E-state index is 12.2. The summed E-state index contributed by atoms with van der Waals surface area (Å²) in [6.07, 6.45) is 1.79. The second-order valence-corrected chi connectivity index (χ2v) is 7.54. The highest BCUT2D eigenvalue weighted by molar-refractivity contribution is 5.78. The third-order valence-corrected chi connectivity index (χ3v) is 3.95. The predicted molar refractivity (Wildman–Crippen MR) is 99.8 cm³/mol. The van der Waals surface area contributed by atoms with E-state index < -0.39 is 11.7 Å². The highest BCUT2D eigenvalue weighted by Gasteiger charge is 2.22. The minimum atomic E-state index is -0.548. The standard InChI is InChI=1S/C18H34N4O4/c1-5-6-8-19-15(23)14-21-10-12-22(13-11-21)16(24)7-9-20-17(25)26-18(2,3)4/h5-14H2,1-4H3,(H,19,23)(H,20,25). The molecular weight excluding hydrogens is 336 g/mol. The number of amides is 3. The van der Waals surface area contributed by atoms with Crippen molar-refractivity contribution >= 4 is 17.9 Å². The van der Waals surface area contributed by atoms with Crippen LogP contribution in [0.5, 0.6) is 0 Å². The molecule has 1 aliphatic rings. The molecule has 0 aromatic rings. The number of piperazine rings is 1. The lowest BCUT2D eigenvalue weighted by molar-refractivity contribution is -0.133. The number of hydrogen-bond acceptors (Lipinski definition) is 5. The lowest BCUT2D eigenvalue weighted by atomic mass is 10.2. The average Bonchev–Trinajstić information content (AvgIpc) is 2.54. The van der Waals surface area contributed by atoms with Gasteiger partial charge in [0.25, 0.3) is 0 Å². The van der Waals surface area contributed by atoms with E-state index in [9.17, 15) is 14.4 Å². The Labute approximate surface area is 156 Å². The van der Waals surface area contributed by atoms with E-state index in [4.69, 9.17) is 4.74 Å². The Bertz CT molecular complexity index is 468. The van der Waals surface area contributed by atoms with Crippen LogP contribution in [0.4, 0.5) is 4.79 Å². The molecular formula is C18H34N4O4. The molecule has 1 aliphatic heterocycles. The summed E-state index contributed by atoms with van der Waals surface area (Å²) in [7, 11) is 0. The van der Waals surface area contributed by atoms with Crippen molar-refractivity contribution in [2.75, 3.05) is 45.8 Å². The van der Waals surface area contributed by atoms with Gasteiger partial charge in [0.05, 0.1) is 6.54 Å². The quantitative estimate of drug-likeness (QED) is 0.621. The van der Waals surface area contributed by atoms with Gasteiger partial charge in [-0.3, -0.25) is 14.5 Å². The SMILES string of the molecule is CCCCNC(=O)CN1CCN(C(=O)CCNC(=O)OC(C)(C)C)CC1. The first-order valence-corrected chi connectivity index (χ1v) is 9.45. The monoisotopic (exact) mass is 370 g/mol. The van der Waals surface area contributed by atoms with Crippen LogP contribution >= 0.6 is 0 Å². The highest BCUT2D eigenvalue weighted by Crippen LogP contribution is 2.07. The first kappa shape index (κ1) is 22.2. The van der Waals surface area contributed by atoms with Gasteiger partial charge in [-0.2, -0.15) is 0 Å². The molecule has 26 heavy (non-hydrogen) atoms. The lowest BCUT2D eigenvalue weighted by Crippen LogP contribution is -2.51. The minimum Gasteiger partial charge on any atom is -0.444 e. The number of nitrogens with zero attached hydrogens (tertiary/aromatic N) is 2. The van der Waals surface area contributed by atoms with Crippen molar-refractivity contribution in [3.8, 4) is 0 Å². The molecule has 0 atom stereocenters. The van der Waals surface area contributed by atoms with E-state index in [0.717, 1.165) is 19.4 Å². The van der Waals surface area contributed by atoms with Gasteiger partial charge in [0, 0.05) is 45.7 Å². The topological polar surface area (TPSA) is 91.0 Å². The molecule has 0 aromatic carbocycles. The second kappa shape index (κ2) is 11.0. The van der Waals surface area contributed by atoms with Crippen LogP contribution in [0, 0.1) is 0 Å². The molecule has 0 spiro atoms. The van der Waals surface area contributed by atoms with Crippen LogP contribution in [-0.2, 0) is 14.3 Å². The Morgan fingerprint density at radius 3 is 2.23 bits per heavy atom. The molecule has 0 saturated carbocycles. The molecule has 3 amide bonds. The van der Waals surface area contributed by atoms with E-state index in [2.05, 4.69) is 22.5 Å². The molecule has 0 aromatic heterocycles. The van der Waals surface area contributed by atoms with E-state index in [1.165, 1.54) is 0 Å². The lowest BCUT2D eigenvalue weighted by Gasteiger charge is -2.34. The Kier molecular flexibility index (Phi) is 9.40. The smallest absolute Gasteiger partial charge is 0.407 e. The van der Waals surface area contributed by atoms with Gasteiger partial charge in [-0.25, -0.2) is 4.79 Å². The fourth-order valence-corrected chi connectivity index (χ4v) is 2.56. The van der Waals surface area contributed by atoms with Crippen molar-refractivity contribution in [1.82, 2.24) is 20.4 Å². The second-order valence-electron chi connectivity index (χ2n) is 7.54. The summed E-state index contributed by atoms with van der Waals surface area (Å²) in [4.78, 5) is 39.4. The van der Waals surface area contributed by atoms with Gasteiger partial charge in [0.2, 0.25) is 11.8 Å². The number of alkyl carbamates (subject to hydrolysis) is 1. The number of hydrogen-bond donors (Lipinski definition) is 2. The third-order valence-electron chi connectivity index (χ3n) is 3.95. The molecule has 8 nitrogen and oxygen atoms in total. The van der Waals surface area contributed by atoms with E-state index in [-0.39, 0.29) is 24.8 Å². The van der Waals surface area contributed by atoms with Crippen LogP contribution in [0.25, 0.3) is 0 Å². The molecule has 1 saturated heterocycles.